The van der Waals surface area contributed by atoms with E-state index in [0.717, 1.165) is 13.0 Å². The van der Waals surface area contributed by atoms with Gasteiger partial charge in [-0.1, -0.05) is 26.7 Å². The Hall–Kier alpha value is -0.320. The molecule has 0 aromatic carbocycles. The van der Waals surface area contributed by atoms with Gasteiger partial charge < -0.3 is 15.4 Å². The molecule has 106 valence electrons. The third kappa shape index (κ3) is 3.84. The molecular formula is C13H25ClN2O2. The lowest BCUT2D eigenvalue weighted by molar-refractivity contribution is -0.127. The highest BCUT2D eigenvalue weighted by molar-refractivity contribution is 5.85. The topological polar surface area (TPSA) is 50.4 Å². The second kappa shape index (κ2) is 7.31. The van der Waals surface area contributed by atoms with Crippen LogP contribution in [-0.4, -0.2) is 37.7 Å². The predicted octanol–water partition coefficient (Wildman–Crippen LogP) is 1.34. The molecule has 1 aliphatic carbocycles. The van der Waals surface area contributed by atoms with Crippen LogP contribution in [0.1, 0.15) is 33.1 Å². The number of hydrogen-bond donors (Lipinski definition) is 2. The Kier molecular flexibility index (Phi) is 6.39. The van der Waals surface area contributed by atoms with Gasteiger partial charge in [0.05, 0.1) is 13.2 Å². The molecular weight excluding hydrogens is 252 g/mol. The Balaban J connectivity index is 0.00000162. The largest absolute Gasteiger partial charge is 0.378 e. The zero-order chi connectivity index (χ0) is 12.3. The van der Waals surface area contributed by atoms with Gasteiger partial charge in [-0.25, -0.2) is 0 Å². The van der Waals surface area contributed by atoms with Gasteiger partial charge in [0.1, 0.15) is 6.04 Å². The quantitative estimate of drug-likeness (QED) is 0.800. The molecule has 2 rings (SSSR count). The molecule has 18 heavy (non-hydrogen) atoms. The van der Waals surface area contributed by atoms with Crippen LogP contribution >= 0.6 is 12.4 Å². The van der Waals surface area contributed by atoms with Crippen molar-refractivity contribution in [2.45, 2.75) is 45.2 Å². The number of amides is 1. The monoisotopic (exact) mass is 276 g/mol. The minimum Gasteiger partial charge on any atom is -0.378 e. The van der Waals surface area contributed by atoms with E-state index in [4.69, 9.17) is 4.74 Å². The maximum Gasteiger partial charge on any atom is 0.239 e. The molecule has 0 bridgehead atoms. The lowest BCUT2D eigenvalue weighted by atomic mass is 9.78. The average Bonchev–Trinajstić information content (AvgIpc) is 2.36. The summed E-state index contributed by atoms with van der Waals surface area (Å²) in [5.74, 6) is 1.40. The van der Waals surface area contributed by atoms with E-state index in [0.29, 0.717) is 31.1 Å². The van der Waals surface area contributed by atoms with Gasteiger partial charge in [-0.05, 0) is 18.3 Å². The van der Waals surface area contributed by atoms with E-state index >= 15 is 0 Å². The molecule has 1 saturated heterocycles. The van der Waals surface area contributed by atoms with Crippen molar-refractivity contribution in [3.05, 3.63) is 0 Å². The molecule has 0 spiro atoms. The molecule has 0 aromatic heterocycles. The molecule has 2 N–H and O–H groups in total. The fraction of sp³-hybridized carbons (Fsp3) is 0.923. The summed E-state index contributed by atoms with van der Waals surface area (Å²) < 4.78 is 5.32. The number of hydrogen-bond acceptors (Lipinski definition) is 3. The Labute approximate surface area is 116 Å². The van der Waals surface area contributed by atoms with E-state index in [-0.39, 0.29) is 24.4 Å². The summed E-state index contributed by atoms with van der Waals surface area (Å²) in [6.45, 7) is 6.52. The number of rotatable bonds is 2. The average molecular weight is 277 g/mol. The van der Waals surface area contributed by atoms with Gasteiger partial charge in [-0.2, -0.15) is 0 Å². The molecule has 1 amide bonds. The van der Waals surface area contributed by atoms with E-state index in [9.17, 15) is 4.79 Å². The van der Waals surface area contributed by atoms with Crippen molar-refractivity contribution >= 4 is 18.3 Å². The lowest BCUT2D eigenvalue weighted by Crippen LogP contribution is -2.55. The lowest BCUT2D eigenvalue weighted by Gasteiger charge is -2.35. The van der Waals surface area contributed by atoms with E-state index in [2.05, 4.69) is 24.5 Å². The maximum absolute atomic E-state index is 12.1. The number of carbonyl (C=O) groups is 1. The van der Waals surface area contributed by atoms with Crippen LogP contribution < -0.4 is 10.6 Å². The Morgan fingerprint density at radius 2 is 2.11 bits per heavy atom. The van der Waals surface area contributed by atoms with Crippen LogP contribution in [0.15, 0.2) is 0 Å². The number of nitrogens with one attached hydrogen (secondary N) is 2. The molecule has 0 radical (unpaired) electrons. The zero-order valence-electron chi connectivity index (χ0n) is 11.3. The fourth-order valence-corrected chi connectivity index (χ4v) is 2.80. The Morgan fingerprint density at radius 3 is 2.78 bits per heavy atom. The highest BCUT2D eigenvalue weighted by Crippen LogP contribution is 2.29. The predicted molar refractivity (Wildman–Crippen MR) is 74.0 cm³/mol. The third-order valence-corrected chi connectivity index (χ3v) is 4.27. The number of ether oxygens (including phenoxy) is 1. The molecule has 2 fully saturated rings. The van der Waals surface area contributed by atoms with Gasteiger partial charge in [0.2, 0.25) is 5.91 Å². The summed E-state index contributed by atoms with van der Waals surface area (Å²) in [5, 5.41) is 6.38. The smallest absolute Gasteiger partial charge is 0.239 e. The summed E-state index contributed by atoms with van der Waals surface area (Å²) >= 11 is 0. The normalized spacial score (nSPS) is 36.6. The van der Waals surface area contributed by atoms with E-state index in [1.807, 2.05) is 0 Å². The zero-order valence-corrected chi connectivity index (χ0v) is 12.1. The van der Waals surface area contributed by atoms with E-state index in [1.165, 1.54) is 12.8 Å². The van der Waals surface area contributed by atoms with Gasteiger partial charge in [-0.3, -0.25) is 4.79 Å². The molecule has 0 aromatic rings. The second-order valence-corrected chi connectivity index (χ2v) is 5.46. The van der Waals surface area contributed by atoms with Crippen LogP contribution in [-0.2, 0) is 9.53 Å². The summed E-state index contributed by atoms with van der Waals surface area (Å²) in [5.41, 5.74) is 0. The summed E-state index contributed by atoms with van der Waals surface area (Å²) in [4.78, 5) is 12.1. The first kappa shape index (κ1) is 15.7. The van der Waals surface area contributed by atoms with Gasteiger partial charge >= 0.3 is 0 Å². The highest BCUT2D eigenvalue weighted by atomic mass is 35.5. The molecule has 1 heterocycles. The molecule has 4 atom stereocenters. The van der Waals surface area contributed by atoms with Gasteiger partial charge in [-0.15, -0.1) is 12.4 Å². The standard InChI is InChI=1S/C13H24N2O2.ClH/c1-9-4-3-5-11(10(9)2)15-13(16)12-8-17-7-6-14-12;/h9-12,14H,3-8H2,1-2H3,(H,15,16);1H. The number of halogens is 1. The summed E-state index contributed by atoms with van der Waals surface area (Å²) in [6.07, 6.45) is 3.63. The second-order valence-electron chi connectivity index (χ2n) is 5.46. The number of carbonyl (C=O) groups excluding carboxylic acids is 1. The van der Waals surface area contributed by atoms with Crippen molar-refractivity contribution in [3.8, 4) is 0 Å². The Bertz CT molecular complexity index is 270. The van der Waals surface area contributed by atoms with E-state index in [1.54, 1.807) is 0 Å². The highest BCUT2D eigenvalue weighted by Gasteiger charge is 2.30. The van der Waals surface area contributed by atoms with Crippen molar-refractivity contribution in [1.82, 2.24) is 10.6 Å². The summed E-state index contributed by atoms with van der Waals surface area (Å²) in [6, 6.07) is 0.183. The third-order valence-electron chi connectivity index (χ3n) is 4.27. The van der Waals surface area contributed by atoms with Crippen molar-refractivity contribution in [2.24, 2.45) is 11.8 Å². The molecule has 4 nitrogen and oxygen atoms in total. The molecule has 1 aliphatic heterocycles. The first-order valence-corrected chi connectivity index (χ1v) is 6.80. The van der Waals surface area contributed by atoms with E-state index < -0.39 is 0 Å². The van der Waals surface area contributed by atoms with Crippen molar-refractivity contribution in [3.63, 3.8) is 0 Å². The molecule has 4 unspecified atom stereocenters. The fourth-order valence-electron chi connectivity index (χ4n) is 2.80. The van der Waals surface area contributed by atoms with Crippen molar-refractivity contribution < 1.29 is 9.53 Å². The SMILES string of the molecule is CC1CCCC(NC(=O)C2COCCN2)C1C.Cl. The van der Waals surface area contributed by atoms with Gasteiger partial charge in [0.15, 0.2) is 0 Å². The van der Waals surface area contributed by atoms with Crippen LogP contribution in [0.2, 0.25) is 0 Å². The molecule has 2 aliphatic rings. The van der Waals surface area contributed by atoms with Crippen molar-refractivity contribution in [2.75, 3.05) is 19.8 Å². The van der Waals surface area contributed by atoms with Crippen LogP contribution in [0.5, 0.6) is 0 Å². The minimum absolute atomic E-state index is 0. The summed E-state index contributed by atoms with van der Waals surface area (Å²) in [7, 11) is 0. The van der Waals surface area contributed by atoms with Gasteiger partial charge in [0.25, 0.3) is 0 Å². The van der Waals surface area contributed by atoms with Crippen LogP contribution in [0, 0.1) is 11.8 Å². The first-order valence-electron chi connectivity index (χ1n) is 6.80. The van der Waals surface area contributed by atoms with Crippen LogP contribution in [0.25, 0.3) is 0 Å². The maximum atomic E-state index is 12.1. The van der Waals surface area contributed by atoms with Crippen molar-refractivity contribution in [1.29, 1.82) is 0 Å². The molecule has 1 saturated carbocycles. The molecule has 5 heteroatoms. The first-order chi connectivity index (χ1) is 8.18. The van der Waals surface area contributed by atoms with Crippen LogP contribution in [0.3, 0.4) is 0 Å². The Morgan fingerprint density at radius 1 is 1.33 bits per heavy atom. The number of morpholine rings is 1. The minimum atomic E-state index is -0.159. The van der Waals surface area contributed by atoms with Gasteiger partial charge in [0, 0.05) is 12.6 Å². The van der Waals surface area contributed by atoms with Crippen LogP contribution in [0.4, 0.5) is 0 Å².